The molecule has 0 amide bonds. The molecule has 2 aromatic heterocycles. The van der Waals surface area contributed by atoms with Crippen molar-refractivity contribution >= 4 is 5.97 Å². The van der Waals surface area contributed by atoms with Gasteiger partial charge in [0.1, 0.15) is 0 Å². The van der Waals surface area contributed by atoms with Crippen LogP contribution in [0.25, 0.3) is 17.3 Å². The van der Waals surface area contributed by atoms with Crippen molar-refractivity contribution in [2.45, 2.75) is 6.92 Å². The van der Waals surface area contributed by atoms with Crippen LogP contribution in [-0.2, 0) is 4.74 Å². The van der Waals surface area contributed by atoms with Gasteiger partial charge in [-0.25, -0.2) is 9.48 Å². The number of carbonyl (C=O) groups excluding carboxylic acids is 1. The molecule has 0 unspecified atom stereocenters. The highest BCUT2D eigenvalue weighted by Gasteiger charge is 2.20. The van der Waals surface area contributed by atoms with Gasteiger partial charge in [-0.1, -0.05) is 18.2 Å². The quantitative estimate of drug-likeness (QED) is 0.688. The lowest BCUT2D eigenvalue weighted by molar-refractivity contribution is 0.0512. The second kappa shape index (κ2) is 5.62. The van der Waals surface area contributed by atoms with E-state index in [0.717, 1.165) is 5.69 Å². The normalized spacial score (nSPS) is 10.5. The summed E-state index contributed by atoms with van der Waals surface area (Å²) in [5, 5.41) is 4.23. The lowest BCUT2D eigenvalue weighted by atomic mass is 10.3. The minimum atomic E-state index is -0.556. The SMILES string of the molecule is CCOC(=O)c1nc(-c2ccco2)n(-c2ccccc2)n1. The first kappa shape index (κ1) is 13.1. The van der Waals surface area contributed by atoms with Gasteiger partial charge in [-0.05, 0) is 31.2 Å². The summed E-state index contributed by atoms with van der Waals surface area (Å²) in [4.78, 5) is 16.1. The molecule has 6 nitrogen and oxygen atoms in total. The highest BCUT2D eigenvalue weighted by atomic mass is 16.5. The summed E-state index contributed by atoms with van der Waals surface area (Å²) in [5.41, 5.74) is 0.784. The van der Waals surface area contributed by atoms with Gasteiger partial charge in [0.25, 0.3) is 5.82 Å². The van der Waals surface area contributed by atoms with E-state index in [4.69, 9.17) is 9.15 Å². The van der Waals surface area contributed by atoms with Crippen molar-refractivity contribution in [2.75, 3.05) is 6.61 Å². The molecule has 3 rings (SSSR count). The maximum absolute atomic E-state index is 11.8. The fourth-order valence-electron chi connectivity index (χ4n) is 1.91. The third kappa shape index (κ3) is 2.55. The van der Waals surface area contributed by atoms with Gasteiger partial charge in [-0.3, -0.25) is 0 Å². The lowest BCUT2D eigenvalue weighted by Crippen LogP contribution is -2.07. The number of nitrogens with zero attached hydrogens (tertiary/aromatic N) is 3. The highest BCUT2D eigenvalue weighted by Crippen LogP contribution is 2.21. The third-order valence-electron chi connectivity index (χ3n) is 2.81. The molecule has 0 saturated heterocycles. The molecule has 2 heterocycles. The number of ether oxygens (including phenoxy) is 1. The molecule has 3 aromatic rings. The van der Waals surface area contributed by atoms with Gasteiger partial charge < -0.3 is 9.15 Å². The van der Waals surface area contributed by atoms with Crippen molar-refractivity contribution in [3.63, 3.8) is 0 Å². The average Bonchev–Trinajstić information content (AvgIpc) is 3.17. The lowest BCUT2D eigenvalue weighted by Gasteiger charge is -2.02. The molecule has 0 spiro atoms. The molecule has 0 radical (unpaired) electrons. The molecule has 0 N–H and O–H groups in total. The minimum Gasteiger partial charge on any atom is -0.461 e. The molecular formula is C15H13N3O3. The molecule has 0 saturated carbocycles. The standard InChI is InChI=1S/C15H13N3O3/c1-2-20-15(19)13-16-14(12-9-6-10-21-12)18(17-13)11-7-4-3-5-8-11/h3-10H,2H2,1H3. The van der Waals surface area contributed by atoms with E-state index < -0.39 is 5.97 Å². The summed E-state index contributed by atoms with van der Waals surface area (Å²) in [6.07, 6.45) is 1.55. The number of aromatic nitrogens is 3. The first-order valence-corrected chi connectivity index (χ1v) is 6.53. The van der Waals surface area contributed by atoms with Crippen LogP contribution in [0, 0.1) is 0 Å². The van der Waals surface area contributed by atoms with Crippen molar-refractivity contribution < 1.29 is 13.9 Å². The van der Waals surface area contributed by atoms with Crippen LogP contribution in [0.3, 0.4) is 0 Å². The molecule has 0 atom stereocenters. The van der Waals surface area contributed by atoms with Gasteiger partial charge in [0.15, 0.2) is 11.6 Å². The van der Waals surface area contributed by atoms with Gasteiger partial charge in [0, 0.05) is 0 Å². The van der Waals surface area contributed by atoms with Gasteiger partial charge in [0.05, 0.1) is 18.6 Å². The van der Waals surface area contributed by atoms with Crippen LogP contribution in [0.1, 0.15) is 17.5 Å². The molecule has 0 fully saturated rings. The van der Waals surface area contributed by atoms with E-state index in [0.29, 0.717) is 11.6 Å². The summed E-state index contributed by atoms with van der Waals surface area (Å²) < 4.78 is 11.9. The van der Waals surface area contributed by atoms with Crippen molar-refractivity contribution in [1.82, 2.24) is 14.8 Å². The van der Waals surface area contributed by atoms with E-state index in [-0.39, 0.29) is 12.4 Å². The Morgan fingerprint density at radius 2 is 2.05 bits per heavy atom. The molecule has 106 valence electrons. The second-order valence-corrected chi connectivity index (χ2v) is 4.20. The molecule has 6 heteroatoms. The van der Waals surface area contributed by atoms with Gasteiger partial charge in [-0.2, -0.15) is 4.98 Å². The topological polar surface area (TPSA) is 70.2 Å². The van der Waals surface area contributed by atoms with Crippen molar-refractivity contribution in [1.29, 1.82) is 0 Å². The third-order valence-corrected chi connectivity index (χ3v) is 2.81. The second-order valence-electron chi connectivity index (χ2n) is 4.20. The molecule has 0 bridgehead atoms. The van der Waals surface area contributed by atoms with Crippen molar-refractivity contribution in [3.05, 3.63) is 54.6 Å². The van der Waals surface area contributed by atoms with Crippen molar-refractivity contribution in [3.8, 4) is 17.3 Å². The van der Waals surface area contributed by atoms with Gasteiger partial charge in [0.2, 0.25) is 0 Å². The van der Waals surface area contributed by atoms with Gasteiger partial charge >= 0.3 is 5.97 Å². The van der Waals surface area contributed by atoms with Crippen LogP contribution in [-0.4, -0.2) is 27.3 Å². The molecule has 0 aliphatic heterocycles. The fraction of sp³-hybridized carbons (Fsp3) is 0.133. The van der Waals surface area contributed by atoms with Crippen LogP contribution in [0.15, 0.2) is 53.1 Å². The molecule has 0 aliphatic rings. The smallest absolute Gasteiger partial charge is 0.378 e. The number of benzene rings is 1. The monoisotopic (exact) mass is 283 g/mol. The Labute approximate surface area is 121 Å². The molecule has 0 aliphatic carbocycles. The van der Waals surface area contributed by atoms with Crippen LogP contribution in [0.4, 0.5) is 0 Å². The number of esters is 1. The first-order chi connectivity index (χ1) is 10.3. The number of hydrogen-bond acceptors (Lipinski definition) is 5. The first-order valence-electron chi connectivity index (χ1n) is 6.53. The van der Waals surface area contributed by atoms with Crippen LogP contribution in [0.5, 0.6) is 0 Å². The Bertz CT molecular complexity index is 733. The average molecular weight is 283 g/mol. The Balaban J connectivity index is 2.11. The van der Waals surface area contributed by atoms with Crippen LogP contribution < -0.4 is 0 Å². The molecular weight excluding hydrogens is 270 g/mol. The number of para-hydroxylation sites is 1. The largest absolute Gasteiger partial charge is 0.461 e. The van der Waals surface area contributed by atoms with Crippen LogP contribution in [0.2, 0.25) is 0 Å². The molecule has 1 aromatic carbocycles. The number of carbonyl (C=O) groups is 1. The predicted octanol–water partition coefficient (Wildman–Crippen LogP) is 2.70. The summed E-state index contributed by atoms with van der Waals surface area (Å²) >= 11 is 0. The summed E-state index contributed by atoms with van der Waals surface area (Å²) in [5.74, 6) is 0.434. The number of furan rings is 1. The van der Waals surface area contributed by atoms with E-state index in [1.54, 1.807) is 30.0 Å². The van der Waals surface area contributed by atoms with E-state index >= 15 is 0 Å². The zero-order chi connectivity index (χ0) is 14.7. The Morgan fingerprint density at radius 3 is 2.71 bits per heavy atom. The van der Waals surface area contributed by atoms with E-state index in [2.05, 4.69) is 10.1 Å². The summed E-state index contributed by atoms with van der Waals surface area (Å²) in [6, 6.07) is 12.9. The Hall–Kier alpha value is -2.89. The van der Waals surface area contributed by atoms with Gasteiger partial charge in [-0.15, -0.1) is 5.10 Å². The predicted molar refractivity (Wildman–Crippen MR) is 75.0 cm³/mol. The van der Waals surface area contributed by atoms with E-state index in [9.17, 15) is 4.79 Å². The Kier molecular flexibility index (Phi) is 3.51. The number of rotatable bonds is 4. The van der Waals surface area contributed by atoms with E-state index in [1.165, 1.54) is 0 Å². The van der Waals surface area contributed by atoms with E-state index in [1.807, 2.05) is 30.3 Å². The zero-order valence-corrected chi connectivity index (χ0v) is 11.4. The maximum Gasteiger partial charge on any atom is 0.378 e. The van der Waals surface area contributed by atoms with Crippen LogP contribution >= 0.6 is 0 Å². The fourth-order valence-corrected chi connectivity index (χ4v) is 1.91. The van der Waals surface area contributed by atoms with Crippen molar-refractivity contribution in [2.24, 2.45) is 0 Å². The maximum atomic E-state index is 11.8. The zero-order valence-electron chi connectivity index (χ0n) is 11.4. The Morgan fingerprint density at radius 1 is 1.24 bits per heavy atom. The summed E-state index contributed by atoms with van der Waals surface area (Å²) in [6.45, 7) is 2.01. The summed E-state index contributed by atoms with van der Waals surface area (Å²) in [7, 11) is 0. The molecule has 21 heavy (non-hydrogen) atoms. The highest BCUT2D eigenvalue weighted by molar-refractivity contribution is 5.85. The number of hydrogen-bond donors (Lipinski definition) is 0. The minimum absolute atomic E-state index is 0.00658.